The van der Waals surface area contributed by atoms with Crippen LogP contribution in [0.5, 0.6) is 0 Å². The largest absolute Gasteiger partial charge is 0.348 e. The fraction of sp³-hybridized carbons (Fsp3) is 0.107. The van der Waals surface area contributed by atoms with Gasteiger partial charge in [-0.05, 0) is 60.2 Å². The number of aromatic nitrogens is 1. The predicted octanol–water partition coefficient (Wildman–Crippen LogP) is 5.54. The maximum absolute atomic E-state index is 13.0. The smallest absolute Gasteiger partial charge is 0.255 e. The Bertz CT molecular complexity index is 1580. The molecular formula is C28H24Cl2N4O4S. The van der Waals surface area contributed by atoms with Crippen LogP contribution in [0.15, 0.2) is 91.3 Å². The van der Waals surface area contributed by atoms with Crippen molar-refractivity contribution in [3.63, 3.8) is 0 Å². The topological polar surface area (TPSA) is 108 Å². The number of hydrogen-bond donors (Lipinski definition) is 2. The van der Waals surface area contributed by atoms with E-state index in [1.807, 2.05) is 6.07 Å². The predicted molar refractivity (Wildman–Crippen MR) is 154 cm³/mol. The molecule has 0 bridgehead atoms. The summed E-state index contributed by atoms with van der Waals surface area (Å²) in [7, 11) is -3.70. The minimum atomic E-state index is -3.70. The van der Waals surface area contributed by atoms with Crippen LogP contribution in [0.4, 0.5) is 11.4 Å². The van der Waals surface area contributed by atoms with Crippen molar-refractivity contribution < 1.29 is 18.0 Å². The van der Waals surface area contributed by atoms with Crippen molar-refractivity contribution >= 4 is 56.4 Å². The zero-order valence-corrected chi connectivity index (χ0v) is 23.1. The lowest BCUT2D eigenvalue weighted by atomic mass is 10.1. The maximum Gasteiger partial charge on any atom is 0.255 e. The van der Waals surface area contributed by atoms with E-state index in [-0.39, 0.29) is 24.6 Å². The van der Waals surface area contributed by atoms with Crippen LogP contribution in [0.25, 0.3) is 0 Å². The molecule has 200 valence electrons. The highest BCUT2D eigenvalue weighted by Crippen LogP contribution is 2.29. The molecule has 0 spiro atoms. The van der Waals surface area contributed by atoms with Crippen molar-refractivity contribution in [2.75, 3.05) is 15.9 Å². The van der Waals surface area contributed by atoms with Gasteiger partial charge in [0.15, 0.2) is 0 Å². The molecule has 0 aliphatic rings. The summed E-state index contributed by atoms with van der Waals surface area (Å²) in [5.74, 6) is -0.818. The van der Waals surface area contributed by atoms with E-state index in [1.165, 1.54) is 24.3 Å². The van der Waals surface area contributed by atoms with E-state index in [0.29, 0.717) is 32.5 Å². The number of rotatable bonds is 9. The van der Waals surface area contributed by atoms with Gasteiger partial charge >= 0.3 is 0 Å². The average Bonchev–Trinajstić information content (AvgIpc) is 2.92. The van der Waals surface area contributed by atoms with Crippen molar-refractivity contribution in [2.24, 2.45) is 0 Å². The normalized spacial score (nSPS) is 11.1. The molecule has 0 radical (unpaired) electrons. The standard InChI is InChI=1S/C28H24Cl2N4O4S/c1-39(37,38)34(18-23-24(29)8-4-9-25(23)30)21-13-11-20(12-14-21)27(35)33-26-10-3-2-7-22(26)28(36)32-17-19-6-5-15-31-16-19/h2-16H,17-18H2,1H3,(H,32,36)(H,33,35). The Morgan fingerprint density at radius 1 is 0.872 bits per heavy atom. The van der Waals surface area contributed by atoms with Gasteiger partial charge in [0.25, 0.3) is 11.8 Å². The van der Waals surface area contributed by atoms with Crippen molar-refractivity contribution in [1.29, 1.82) is 0 Å². The first-order chi connectivity index (χ1) is 18.6. The molecule has 11 heteroatoms. The molecule has 0 aliphatic heterocycles. The molecule has 0 fully saturated rings. The lowest BCUT2D eigenvalue weighted by Crippen LogP contribution is -2.29. The van der Waals surface area contributed by atoms with Gasteiger partial charge in [0.05, 0.1) is 29.7 Å². The van der Waals surface area contributed by atoms with Crippen molar-refractivity contribution in [3.8, 4) is 0 Å². The highest BCUT2D eigenvalue weighted by molar-refractivity contribution is 7.92. The van der Waals surface area contributed by atoms with Crippen molar-refractivity contribution in [3.05, 3.63) is 124 Å². The summed E-state index contributed by atoms with van der Waals surface area (Å²) < 4.78 is 26.3. The third-order valence-electron chi connectivity index (χ3n) is 5.78. The quantitative estimate of drug-likeness (QED) is 0.269. The number of amides is 2. The Kier molecular flexibility index (Phi) is 8.86. The van der Waals surface area contributed by atoms with Crippen LogP contribution in [0.1, 0.15) is 31.8 Å². The molecular weight excluding hydrogens is 559 g/mol. The van der Waals surface area contributed by atoms with E-state index < -0.39 is 15.9 Å². The van der Waals surface area contributed by atoms with Gasteiger partial charge in [0.1, 0.15) is 0 Å². The molecule has 0 aliphatic carbocycles. The van der Waals surface area contributed by atoms with Gasteiger partial charge < -0.3 is 10.6 Å². The molecule has 4 aromatic rings. The average molecular weight is 583 g/mol. The van der Waals surface area contributed by atoms with E-state index >= 15 is 0 Å². The third-order valence-corrected chi connectivity index (χ3v) is 7.63. The molecule has 2 N–H and O–H groups in total. The zero-order chi connectivity index (χ0) is 28.0. The number of carbonyl (C=O) groups excluding carboxylic acids is 2. The van der Waals surface area contributed by atoms with E-state index in [9.17, 15) is 18.0 Å². The summed E-state index contributed by atoms with van der Waals surface area (Å²) in [5.41, 5.74) is 2.54. The molecule has 8 nitrogen and oxygen atoms in total. The number of carbonyl (C=O) groups is 2. The Hall–Kier alpha value is -3.92. The van der Waals surface area contributed by atoms with Gasteiger partial charge in [-0.25, -0.2) is 8.42 Å². The summed E-state index contributed by atoms with van der Waals surface area (Å²) in [6, 6.07) is 21.3. The number of halogens is 2. The van der Waals surface area contributed by atoms with E-state index in [0.717, 1.165) is 16.1 Å². The van der Waals surface area contributed by atoms with E-state index in [2.05, 4.69) is 15.6 Å². The first kappa shape index (κ1) is 28.1. The summed E-state index contributed by atoms with van der Waals surface area (Å²) in [5, 5.41) is 6.27. The molecule has 39 heavy (non-hydrogen) atoms. The van der Waals surface area contributed by atoms with Gasteiger partial charge in [-0.3, -0.25) is 18.9 Å². The second-order valence-corrected chi connectivity index (χ2v) is 11.3. The van der Waals surface area contributed by atoms with Crippen molar-refractivity contribution in [2.45, 2.75) is 13.1 Å². The molecule has 3 aromatic carbocycles. The number of benzene rings is 3. The lowest BCUT2D eigenvalue weighted by Gasteiger charge is -2.23. The van der Waals surface area contributed by atoms with Gasteiger partial charge in [-0.2, -0.15) is 0 Å². The molecule has 0 atom stereocenters. The van der Waals surface area contributed by atoms with E-state index in [4.69, 9.17) is 23.2 Å². The van der Waals surface area contributed by atoms with Crippen LogP contribution in [-0.2, 0) is 23.1 Å². The van der Waals surface area contributed by atoms with Crippen molar-refractivity contribution in [1.82, 2.24) is 10.3 Å². The highest BCUT2D eigenvalue weighted by atomic mass is 35.5. The fourth-order valence-corrected chi connectivity index (χ4v) is 5.16. The second kappa shape index (κ2) is 12.3. The molecule has 0 saturated heterocycles. The first-order valence-electron chi connectivity index (χ1n) is 11.7. The Morgan fingerprint density at radius 3 is 2.21 bits per heavy atom. The van der Waals surface area contributed by atoms with Crippen LogP contribution >= 0.6 is 23.2 Å². The number of nitrogens with zero attached hydrogens (tertiary/aromatic N) is 2. The molecule has 1 aromatic heterocycles. The van der Waals surface area contributed by atoms with Gasteiger partial charge in [-0.1, -0.05) is 47.5 Å². The Labute approximate surface area is 236 Å². The van der Waals surface area contributed by atoms with Gasteiger partial charge in [0.2, 0.25) is 10.0 Å². The van der Waals surface area contributed by atoms with Crippen LogP contribution < -0.4 is 14.9 Å². The SMILES string of the molecule is CS(=O)(=O)N(Cc1c(Cl)cccc1Cl)c1ccc(C(=O)Nc2ccccc2C(=O)NCc2cccnc2)cc1. The van der Waals surface area contributed by atoms with Crippen LogP contribution in [0.2, 0.25) is 10.0 Å². The lowest BCUT2D eigenvalue weighted by molar-refractivity contribution is 0.0951. The summed E-state index contributed by atoms with van der Waals surface area (Å²) >= 11 is 12.5. The van der Waals surface area contributed by atoms with Gasteiger partial charge in [0, 0.05) is 40.1 Å². The number of para-hydroxylation sites is 1. The summed E-state index contributed by atoms with van der Waals surface area (Å²) in [4.78, 5) is 29.8. The minimum absolute atomic E-state index is 0.0790. The van der Waals surface area contributed by atoms with Crippen LogP contribution in [-0.4, -0.2) is 31.5 Å². The molecule has 0 saturated carbocycles. The Balaban J connectivity index is 1.50. The first-order valence-corrected chi connectivity index (χ1v) is 14.3. The highest BCUT2D eigenvalue weighted by Gasteiger charge is 2.21. The molecule has 0 unspecified atom stereocenters. The zero-order valence-electron chi connectivity index (χ0n) is 20.8. The van der Waals surface area contributed by atoms with Crippen LogP contribution in [0, 0.1) is 0 Å². The number of sulfonamides is 1. The second-order valence-electron chi connectivity index (χ2n) is 8.56. The number of anilines is 2. The molecule has 2 amide bonds. The van der Waals surface area contributed by atoms with Crippen LogP contribution in [0.3, 0.4) is 0 Å². The third kappa shape index (κ3) is 7.14. The summed E-state index contributed by atoms with van der Waals surface area (Å²) in [6.07, 6.45) is 4.39. The number of pyridine rings is 1. The monoisotopic (exact) mass is 582 g/mol. The fourth-order valence-electron chi connectivity index (χ4n) is 3.77. The van der Waals surface area contributed by atoms with Gasteiger partial charge in [-0.15, -0.1) is 0 Å². The number of hydrogen-bond acceptors (Lipinski definition) is 5. The Morgan fingerprint density at radius 2 is 1.56 bits per heavy atom. The molecule has 1 heterocycles. The maximum atomic E-state index is 13.0. The number of nitrogens with one attached hydrogen (secondary N) is 2. The summed E-state index contributed by atoms with van der Waals surface area (Å²) in [6.45, 7) is 0.205. The minimum Gasteiger partial charge on any atom is -0.348 e. The van der Waals surface area contributed by atoms with E-state index in [1.54, 1.807) is 60.9 Å². The molecule has 4 rings (SSSR count).